The van der Waals surface area contributed by atoms with Gasteiger partial charge in [0.1, 0.15) is 5.69 Å². The summed E-state index contributed by atoms with van der Waals surface area (Å²) >= 11 is 0. The van der Waals surface area contributed by atoms with Crippen molar-refractivity contribution in [3.05, 3.63) is 52.6 Å². The van der Waals surface area contributed by atoms with Crippen molar-refractivity contribution >= 4 is 17.8 Å². The van der Waals surface area contributed by atoms with E-state index in [4.69, 9.17) is 4.74 Å². The normalized spacial score (nSPS) is 10.8. The van der Waals surface area contributed by atoms with Crippen molar-refractivity contribution in [3.63, 3.8) is 0 Å². The maximum absolute atomic E-state index is 13.3. The highest BCUT2D eigenvalue weighted by Gasteiger charge is 2.28. The van der Waals surface area contributed by atoms with E-state index >= 15 is 0 Å². The molecule has 8 nitrogen and oxygen atoms in total. The zero-order valence-corrected chi connectivity index (χ0v) is 19.2. The zero-order valence-electron chi connectivity index (χ0n) is 19.2. The van der Waals surface area contributed by atoms with Crippen molar-refractivity contribution in [2.75, 3.05) is 13.2 Å². The quantitative estimate of drug-likeness (QED) is 0.487. The van der Waals surface area contributed by atoms with Crippen molar-refractivity contribution in [1.82, 2.24) is 19.8 Å². The maximum atomic E-state index is 13.3. The number of nitrogens with one attached hydrogen (secondary N) is 1. The fourth-order valence-corrected chi connectivity index (χ4v) is 3.67. The Balaban J connectivity index is 2.38. The summed E-state index contributed by atoms with van der Waals surface area (Å²) in [7, 11) is 0. The van der Waals surface area contributed by atoms with Crippen molar-refractivity contribution in [2.45, 2.75) is 60.7 Å². The molecule has 0 aromatic carbocycles. The smallest absolute Gasteiger partial charge is 0.355 e. The number of pyridine rings is 1. The predicted molar refractivity (Wildman–Crippen MR) is 118 cm³/mol. The SMILES string of the molecule is CCOC(=O)c1c(C)c(C(=O)CN(Cc2cccnc2)C(=O)NC(C)C)c(C)n1CC. The third-order valence-corrected chi connectivity index (χ3v) is 4.96. The Morgan fingerprint density at radius 3 is 2.48 bits per heavy atom. The Morgan fingerprint density at radius 1 is 1.23 bits per heavy atom. The van der Waals surface area contributed by atoms with Gasteiger partial charge in [-0.3, -0.25) is 9.78 Å². The van der Waals surface area contributed by atoms with Crippen LogP contribution in [0.2, 0.25) is 0 Å². The number of hydrogen-bond acceptors (Lipinski definition) is 5. The molecule has 2 rings (SSSR count). The number of aromatic nitrogens is 2. The first-order chi connectivity index (χ1) is 14.7. The monoisotopic (exact) mass is 428 g/mol. The lowest BCUT2D eigenvalue weighted by Crippen LogP contribution is -2.44. The van der Waals surface area contributed by atoms with E-state index in [0.717, 1.165) is 5.56 Å². The van der Waals surface area contributed by atoms with Gasteiger partial charge in [-0.1, -0.05) is 6.07 Å². The molecule has 31 heavy (non-hydrogen) atoms. The zero-order chi connectivity index (χ0) is 23.1. The molecule has 8 heteroatoms. The average molecular weight is 429 g/mol. The number of ether oxygens (including phenoxy) is 1. The maximum Gasteiger partial charge on any atom is 0.355 e. The lowest BCUT2D eigenvalue weighted by atomic mass is 10.0. The van der Waals surface area contributed by atoms with Crippen LogP contribution in [0.4, 0.5) is 4.79 Å². The van der Waals surface area contributed by atoms with E-state index in [1.807, 2.05) is 33.8 Å². The number of hydrogen-bond donors (Lipinski definition) is 1. The minimum atomic E-state index is -0.450. The minimum Gasteiger partial charge on any atom is -0.461 e. The number of nitrogens with zero attached hydrogens (tertiary/aromatic N) is 3. The molecule has 0 atom stereocenters. The van der Waals surface area contributed by atoms with Crippen molar-refractivity contribution in [3.8, 4) is 0 Å². The van der Waals surface area contributed by atoms with Gasteiger partial charge in [0, 0.05) is 42.8 Å². The molecule has 168 valence electrons. The molecule has 0 radical (unpaired) electrons. The van der Waals surface area contributed by atoms with E-state index in [1.165, 1.54) is 4.90 Å². The molecule has 0 spiro atoms. The summed E-state index contributed by atoms with van der Waals surface area (Å²) in [6.07, 6.45) is 3.33. The Labute approximate surface area is 183 Å². The van der Waals surface area contributed by atoms with Crippen molar-refractivity contribution < 1.29 is 19.1 Å². The van der Waals surface area contributed by atoms with Crippen LogP contribution in [0.25, 0.3) is 0 Å². The highest BCUT2D eigenvalue weighted by atomic mass is 16.5. The van der Waals surface area contributed by atoms with Crippen LogP contribution in [0.1, 0.15) is 65.4 Å². The number of urea groups is 1. The first-order valence-corrected chi connectivity index (χ1v) is 10.5. The molecule has 2 amide bonds. The summed E-state index contributed by atoms with van der Waals surface area (Å²) in [4.78, 5) is 44.2. The lowest BCUT2D eigenvalue weighted by molar-refractivity contribution is 0.0512. The molecule has 0 aliphatic rings. The van der Waals surface area contributed by atoms with Gasteiger partial charge in [0.15, 0.2) is 5.78 Å². The number of carbonyl (C=O) groups excluding carboxylic acids is 3. The van der Waals surface area contributed by atoms with Gasteiger partial charge < -0.3 is 19.5 Å². The summed E-state index contributed by atoms with van der Waals surface area (Å²) < 4.78 is 6.98. The number of esters is 1. The summed E-state index contributed by atoms with van der Waals surface area (Å²) in [5.74, 6) is -0.677. The van der Waals surface area contributed by atoms with Crippen LogP contribution >= 0.6 is 0 Å². The van der Waals surface area contributed by atoms with Crippen LogP contribution in [-0.2, 0) is 17.8 Å². The number of amides is 2. The number of rotatable bonds is 9. The molecule has 0 aliphatic heterocycles. The van der Waals surface area contributed by atoms with E-state index in [9.17, 15) is 14.4 Å². The Hall–Kier alpha value is -3.16. The second kappa shape index (κ2) is 10.7. The van der Waals surface area contributed by atoms with Gasteiger partial charge in [-0.2, -0.15) is 0 Å². The molecule has 0 bridgehead atoms. The van der Waals surface area contributed by atoms with Gasteiger partial charge in [0.25, 0.3) is 0 Å². The number of Topliss-reactive ketones (excluding diaryl/α,β-unsaturated/α-hetero) is 1. The van der Waals surface area contributed by atoms with Gasteiger partial charge in [-0.25, -0.2) is 9.59 Å². The molecule has 0 saturated heterocycles. The number of carbonyl (C=O) groups is 3. The predicted octanol–water partition coefficient (Wildman–Crippen LogP) is 3.50. The number of ketones is 1. The Kier molecular flexibility index (Phi) is 8.36. The van der Waals surface area contributed by atoms with E-state index < -0.39 is 5.97 Å². The van der Waals surface area contributed by atoms with Crippen LogP contribution in [0.15, 0.2) is 24.5 Å². The third kappa shape index (κ3) is 5.71. The summed E-state index contributed by atoms with van der Waals surface area (Å²) in [5, 5.41) is 2.85. The van der Waals surface area contributed by atoms with Gasteiger partial charge in [0.2, 0.25) is 0 Å². The van der Waals surface area contributed by atoms with Crippen molar-refractivity contribution in [2.24, 2.45) is 0 Å². The van der Waals surface area contributed by atoms with Crippen LogP contribution in [0.3, 0.4) is 0 Å². The topological polar surface area (TPSA) is 93.5 Å². The first kappa shape index (κ1) is 24.1. The summed E-state index contributed by atoms with van der Waals surface area (Å²) in [6.45, 7) is 11.9. The average Bonchev–Trinajstić information content (AvgIpc) is 2.97. The molecule has 2 aromatic heterocycles. The van der Waals surface area contributed by atoms with Crippen LogP contribution in [0, 0.1) is 13.8 Å². The highest BCUT2D eigenvalue weighted by Crippen LogP contribution is 2.24. The van der Waals surface area contributed by atoms with Crippen molar-refractivity contribution in [1.29, 1.82) is 0 Å². The fourth-order valence-electron chi connectivity index (χ4n) is 3.67. The van der Waals surface area contributed by atoms with Gasteiger partial charge in [-0.15, -0.1) is 0 Å². The molecule has 0 saturated carbocycles. The van der Waals surface area contributed by atoms with Gasteiger partial charge >= 0.3 is 12.0 Å². The lowest BCUT2D eigenvalue weighted by Gasteiger charge is -2.24. The van der Waals surface area contributed by atoms with E-state index in [0.29, 0.717) is 29.1 Å². The van der Waals surface area contributed by atoms with Crippen LogP contribution in [0.5, 0.6) is 0 Å². The third-order valence-electron chi connectivity index (χ3n) is 4.96. The molecular weight excluding hydrogens is 396 g/mol. The molecule has 0 unspecified atom stereocenters. The molecule has 2 aromatic rings. The second-order valence-electron chi connectivity index (χ2n) is 7.64. The Morgan fingerprint density at radius 2 is 1.94 bits per heavy atom. The molecular formula is C23H32N4O4. The summed E-state index contributed by atoms with van der Waals surface area (Å²) in [6, 6.07) is 3.25. The standard InChI is InChI=1S/C23H32N4O4/c1-7-27-17(6)20(16(5)21(27)22(29)31-8-2)19(28)14-26(23(30)25-15(3)4)13-18-10-9-11-24-12-18/h9-12,15H,7-8,13-14H2,1-6H3,(H,25,30). The Bertz CT molecular complexity index is 935. The van der Waals surface area contributed by atoms with E-state index in [-0.39, 0.29) is 37.6 Å². The second-order valence-corrected chi connectivity index (χ2v) is 7.64. The molecule has 0 aliphatic carbocycles. The molecule has 0 fully saturated rings. The van der Waals surface area contributed by atoms with E-state index in [1.54, 1.807) is 36.9 Å². The largest absolute Gasteiger partial charge is 0.461 e. The molecule has 1 N–H and O–H groups in total. The minimum absolute atomic E-state index is 0.0703. The van der Waals surface area contributed by atoms with Crippen LogP contribution < -0.4 is 5.32 Å². The fraction of sp³-hybridized carbons (Fsp3) is 0.478. The van der Waals surface area contributed by atoms with Gasteiger partial charge in [0.05, 0.1) is 13.2 Å². The highest BCUT2D eigenvalue weighted by molar-refractivity contribution is 6.04. The molecule has 2 heterocycles. The first-order valence-electron chi connectivity index (χ1n) is 10.5. The van der Waals surface area contributed by atoms with Gasteiger partial charge in [-0.05, 0) is 58.7 Å². The van der Waals surface area contributed by atoms with Crippen LogP contribution in [-0.4, -0.2) is 51.4 Å². The summed E-state index contributed by atoms with van der Waals surface area (Å²) in [5.41, 5.74) is 2.93. The van der Waals surface area contributed by atoms with E-state index in [2.05, 4.69) is 10.3 Å².